The quantitative estimate of drug-likeness (QED) is 0.560. The summed E-state index contributed by atoms with van der Waals surface area (Å²) >= 11 is 1.81. The number of benzene rings is 2. The molecular formula is C21H26N2O5S2. The number of carbonyl (C=O) groups excluding carboxylic acids is 1. The third kappa shape index (κ3) is 6.30. The van der Waals surface area contributed by atoms with Gasteiger partial charge in [0.1, 0.15) is 6.54 Å². The largest absolute Gasteiger partial charge is 0.454 e. The van der Waals surface area contributed by atoms with Crippen LogP contribution in [0.3, 0.4) is 0 Å². The van der Waals surface area contributed by atoms with E-state index < -0.39 is 10.0 Å². The van der Waals surface area contributed by atoms with E-state index in [9.17, 15) is 13.2 Å². The molecule has 30 heavy (non-hydrogen) atoms. The summed E-state index contributed by atoms with van der Waals surface area (Å²) in [7, 11) is -3.63. The molecule has 1 aliphatic rings. The Labute approximate surface area is 181 Å². The third-order valence-electron chi connectivity index (χ3n) is 4.51. The molecule has 1 amide bonds. The van der Waals surface area contributed by atoms with Crippen LogP contribution in [0.1, 0.15) is 17.5 Å². The number of amides is 1. The number of fused-ring (bicyclic) bond motifs is 1. The topological polar surface area (TPSA) is 84.9 Å². The van der Waals surface area contributed by atoms with Crippen LogP contribution in [0.25, 0.3) is 0 Å². The van der Waals surface area contributed by atoms with E-state index in [4.69, 9.17) is 9.47 Å². The average Bonchev–Trinajstić information content (AvgIpc) is 3.17. The van der Waals surface area contributed by atoms with E-state index in [1.54, 1.807) is 30.0 Å². The standard InChI is InChI=1S/C21H26N2O5S2/c1-16-4-6-17(7-5-16)14-29-11-3-10-22-21(24)13-23(30(2,25)26)18-8-9-19-20(12-18)28-15-27-19/h4-9,12H,3,10-11,13-15H2,1-2H3,(H,22,24). The van der Waals surface area contributed by atoms with E-state index in [1.807, 2.05) is 0 Å². The van der Waals surface area contributed by atoms with Gasteiger partial charge in [-0.1, -0.05) is 29.8 Å². The molecule has 9 heteroatoms. The fourth-order valence-corrected chi connectivity index (χ4v) is 4.67. The maximum absolute atomic E-state index is 12.3. The number of aryl methyl sites for hydroxylation is 1. The SMILES string of the molecule is Cc1ccc(CSCCCNC(=O)CN(c2ccc3c(c2)OCO3)S(C)(=O)=O)cc1. The van der Waals surface area contributed by atoms with Crippen LogP contribution in [0, 0.1) is 6.92 Å². The van der Waals surface area contributed by atoms with Crippen molar-refractivity contribution in [2.24, 2.45) is 0 Å². The highest BCUT2D eigenvalue weighted by molar-refractivity contribution is 7.98. The third-order valence-corrected chi connectivity index (χ3v) is 6.76. The van der Waals surface area contributed by atoms with E-state index in [0.29, 0.717) is 23.7 Å². The van der Waals surface area contributed by atoms with Gasteiger partial charge in [0.25, 0.3) is 0 Å². The monoisotopic (exact) mass is 450 g/mol. The van der Waals surface area contributed by atoms with Crippen molar-refractivity contribution in [2.75, 3.05) is 36.2 Å². The maximum Gasteiger partial charge on any atom is 0.240 e. The van der Waals surface area contributed by atoms with Crippen molar-refractivity contribution in [3.8, 4) is 11.5 Å². The van der Waals surface area contributed by atoms with Gasteiger partial charge in [0, 0.05) is 18.4 Å². The summed E-state index contributed by atoms with van der Waals surface area (Å²) in [4.78, 5) is 12.3. The highest BCUT2D eigenvalue weighted by Crippen LogP contribution is 2.36. The molecule has 3 rings (SSSR count). The molecule has 0 spiro atoms. The Balaban J connectivity index is 1.44. The summed E-state index contributed by atoms with van der Waals surface area (Å²) in [5.74, 6) is 2.51. The van der Waals surface area contributed by atoms with Crippen molar-refractivity contribution in [3.05, 3.63) is 53.6 Å². The molecule has 0 unspecified atom stereocenters. The molecule has 2 aromatic rings. The highest BCUT2D eigenvalue weighted by Gasteiger charge is 2.23. The first-order chi connectivity index (χ1) is 14.3. The predicted octanol–water partition coefficient (Wildman–Crippen LogP) is 2.93. The van der Waals surface area contributed by atoms with Gasteiger partial charge >= 0.3 is 0 Å². The zero-order chi connectivity index (χ0) is 21.6. The van der Waals surface area contributed by atoms with Crippen LogP contribution < -0.4 is 19.1 Å². The first-order valence-corrected chi connectivity index (χ1v) is 12.6. The number of thioether (sulfide) groups is 1. The second kappa shape index (κ2) is 10.1. The molecule has 1 heterocycles. The molecule has 7 nitrogen and oxygen atoms in total. The van der Waals surface area contributed by atoms with Gasteiger partial charge < -0.3 is 14.8 Å². The predicted molar refractivity (Wildman–Crippen MR) is 120 cm³/mol. The van der Waals surface area contributed by atoms with E-state index in [2.05, 4.69) is 36.5 Å². The number of nitrogens with zero attached hydrogens (tertiary/aromatic N) is 1. The Hall–Kier alpha value is -2.39. The van der Waals surface area contributed by atoms with Crippen molar-refractivity contribution in [3.63, 3.8) is 0 Å². The number of nitrogens with one attached hydrogen (secondary N) is 1. The number of rotatable bonds is 10. The van der Waals surface area contributed by atoms with Gasteiger partial charge in [0.15, 0.2) is 11.5 Å². The molecule has 0 radical (unpaired) electrons. The number of sulfonamides is 1. The molecule has 162 valence electrons. The lowest BCUT2D eigenvalue weighted by atomic mass is 10.2. The van der Waals surface area contributed by atoms with Gasteiger partial charge in [-0.05, 0) is 36.8 Å². The zero-order valence-corrected chi connectivity index (χ0v) is 18.7. The van der Waals surface area contributed by atoms with Gasteiger partial charge in [-0.25, -0.2) is 8.42 Å². The Kier molecular flexibility index (Phi) is 7.49. The number of anilines is 1. The van der Waals surface area contributed by atoms with Crippen LogP contribution in [0.4, 0.5) is 5.69 Å². The molecule has 0 aromatic heterocycles. The minimum Gasteiger partial charge on any atom is -0.454 e. The second-order valence-electron chi connectivity index (χ2n) is 7.05. The molecular weight excluding hydrogens is 424 g/mol. The molecule has 0 saturated heterocycles. The van der Waals surface area contributed by atoms with Gasteiger partial charge in [-0.3, -0.25) is 9.10 Å². The van der Waals surface area contributed by atoms with E-state index in [-0.39, 0.29) is 19.2 Å². The lowest BCUT2D eigenvalue weighted by Crippen LogP contribution is -2.40. The maximum atomic E-state index is 12.3. The average molecular weight is 451 g/mol. The van der Waals surface area contributed by atoms with Crippen LogP contribution >= 0.6 is 11.8 Å². The van der Waals surface area contributed by atoms with Crippen LogP contribution in [0.5, 0.6) is 11.5 Å². The van der Waals surface area contributed by atoms with Crippen molar-refractivity contribution < 1.29 is 22.7 Å². The highest BCUT2D eigenvalue weighted by atomic mass is 32.2. The number of carbonyl (C=O) groups is 1. The zero-order valence-electron chi connectivity index (χ0n) is 17.1. The first-order valence-electron chi connectivity index (χ1n) is 9.60. The number of ether oxygens (including phenoxy) is 2. The normalized spacial score (nSPS) is 12.6. The van der Waals surface area contributed by atoms with Gasteiger partial charge in [0.2, 0.25) is 22.7 Å². The lowest BCUT2D eigenvalue weighted by molar-refractivity contribution is -0.119. The minimum atomic E-state index is -3.63. The first kappa shape index (κ1) is 22.3. The molecule has 0 aliphatic carbocycles. The van der Waals surface area contributed by atoms with Crippen molar-refractivity contribution in [1.29, 1.82) is 0 Å². The summed E-state index contributed by atoms with van der Waals surface area (Å²) in [5, 5.41) is 2.80. The summed E-state index contributed by atoms with van der Waals surface area (Å²) < 4.78 is 36.0. The van der Waals surface area contributed by atoms with Gasteiger partial charge in [-0.15, -0.1) is 0 Å². The Morgan fingerprint density at radius 3 is 2.60 bits per heavy atom. The van der Waals surface area contributed by atoms with Crippen LogP contribution in [0.2, 0.25) is 0 Å². The molecule has 0 saturated carbocycles. The molecule has 0 bridgehead atoms. The summed E-state index contributed by atoms with van der Waals surface area (Å²) in [6.07, 6.45) is 1.89. The molecule has 1 N–H and O–H groups in total. The number of hydrogen-bond donors (Lipinski definition) is 1. The number of hydrogen-bond acceptors (Lipinski definition) is 6. The van der Waals surface area contributed by atoms with E-state index >= 15 is 0 Å². The van der Waals surface area contributed by atoms with Crippen molar-refractivity contribution in [1.82, 2.24) is 5.32 Å². The van der Waals surface area contributed by atoms with Crippen molar-refractivity contribution in [2.45, 2.75) is 19.1 Å². The minimum absolute atomic E-state index is 0.0973. The van der Waals surface area contributed by atoms with E-state index in [0.717, 1.165) is 28.5 Å². The summed E-state index contributed by atoms with van der Waals surface area (Å²) in [5.41, 5.74) is 2.89. The van der Waals surface area contributed by atoms with Crippen LogP contribution in [0.15, 0.2) is 42.5 Å². The van der Waals surface area contributed by atoms with Crippen LogP contribution in [-0.4, -0.2) is 46.2 Å². The Bertz CT molecular complexity index is 977. The summed E-state index contributed by atoms with van der Waals surface area (Å²) in [6, 6.07) is 13.3. The fraction of sp³-hybridized carbons (Fsp3) is 0.381. The van der Waals surface area contributed by atoms with E-state index in [1.165, 1.54) is 11.1 Å². The van der Waals surface area contributed by atoms with Crippen LogP contribution in [-0.2, 0) is 20.6 Å². The Morgan fingerprint density at radius 2 is 1.87 bits per heavy atom. The molecule has 1 aliphatic heterocycles. The molecule has 0 atom stereocenters. The lowest BCUT2D eigenvalue weighted by Gasteiger charge is -2.22. The second-order valence-corrected chi connectivity index (χ2v) is 10.1. The Morgan fingerprint density at radius 1 is 1.13 bits per heavy atom. The smallest absolute Gasteiger partial charge is 0.240 e. The van der Waals surface area contributed by atoms with Gasteiger partial charge in [-0.2, -0.15) is 11.8 Å². The fourth-order valence-electron chi connectivity index (χ4n) is 2.90. The summed E-state index contributed by atoms with van der Waals surface area (Å²) in [6.45, 7) is 2.38. The van der Waals surface area contributed by atoms with Gasteiger partial charge in [0.05, 0.1) is 11.9 Å². The molecule has 2 aromatic carbocycles. The van der Waals surface area contributed by atoms with Crippen molar-refractivity contribution >= 4 is 33.4 Å². The molecule has 0 fully saturated rings.